The molecule has 3 rings (SSSR count). The highest BCUT2D eigenvalue weighted by molar-refractivity contribution is 7.91. The summed E-state index contributed by atoms with van der Waals surface area (Å²) in [5, 5.41) is -0.120. The van der Waals surface area contributed by atoms with Gasteiger partial charge in [-0.25, -0.2) is 18.4 Å². The average molecular weight is 474 g/mol. The van der Waals surface area contributed by atoms with Gasteiger partial charge < -0.3 is 15.5 Å². The summed E-state index contributed by atoms with van der Waals surface area (Å²) >= 11 is 0. The fourth-order valence-electron chi connectivity index (χ4n) is 4.50. The van der Waals surface area contributed by atoms with E-state index in [1.165, 1.54) is 18.3 Å². The minimum absolute atomic E-state index is 0.0833. The van der Waals surface area contributed by atoms with E-state index in [1.807, 2.05) is 16.8 Å². The number of primary amides is 1. The first-order chi connectivity index (χ1) is 15.3. The van der Waals surface area contributed by atoms with Gasteiger partial charge in [0, 0.05) is 31.9 Å². The number of nitrogens with two attached hydrogens (primary N) is 1. The Morgan fingerprint density at radius 3 is 2.58 bits per heavy atom. The fourth-order valence-corrected chi connectivity index (χ4v) is 5.90. The number of amides is 1. The number of nitrogens with zero attached hydrogens (tertiary/aromatic N) is 4. The lowest BCUT2D eigenvalue weighted by atomic mass is 9.97. The van der Waals surface area contributed by atoms with E-state index in [-0.39, 0.29) is 21.0 Å². The molecule has 2 aromatic rings. The second-order valence-corrected chi connectivity index (χ2v) is 11.9. The zero-order chi connectivity index (χ0) is 24.6. The number of anilines is 2. The highest BCUT2D eigenvalue weighted by atomic mass is 32.2. The molecule has 9 heteroatoms. The Kier molecular flexibility index (Phi) is 7.02. The normalized spacial score (nSPS) is 18.0. The number of hydrogen-bond acceptors (Lipinski definition) is 7. The molecule has 1 aliphatic rings. The number of aromatic nitrogens is 2. The summed E-state index contributed by atoms with van der Waals surface area (Å²) in [5.41, 5.74) is 5.36. The number of hydrogen-bond donors (Lipinski definition) is 1. The van der Waals surface area contributed by atoms with Gasteiger partial charge in [-0.1, -0.05) is 26.8 Å². The lowest BCUT2D eigenvalue weighted by Crippen LogP contribution is -2.40. The molecule has 1 saturated heterocycles. The maximum Gasteiger partial charge on any atom is 0.253 e. The molecule has 1 aliphatic heterocycles. The van der Waals surface area contributed by atoms with E-state index < -0.39 is 15.7 Å². The van der Waals surface area contributed by atoms with E-state index >= 15 is 0 Å². The molecule has 3 heterocycles. The van der Waals surface area contributed by atoms with Crippen molar-refractivity contribution in [2.75, 3.05) is 29.9 Å². The molecular formula is C24H35N5O3S. The second-order valence-electron chi connectivity index (χ2n) is 10.0. The van der Waals surface area contributed by atoms with Crippen molar-refractivity contribution in [3.63, 3.8) is 0 Å². The van der Waals surface area contributed by atoms with E-state index in [4.69, 9.17) is 5.73 Å². The second kappa shape index (κ2) is 9.29. The number of rotatable bonds is 8. The summed E-state index contributed by atoms with van der Waals surface area (Å²) in [7, 11) is -2.22. The van der Waals surface area contributed by atoms with Gasteiger partial charge in [-0.3, -0.25) is 4.79 Å². The average Bonchev–Trinajstić information content (AvgIpc) is 3.03. The quantitative estimate of drug-likeness (QED) is 0.625. The topological polar surface area (TPSA) is 109 Å². The Morgan fingerprint density at radius 1 is 1.30 bits per heavy atom. The first kappa shape index (κ1) is 25.0. The number of carbonyl (C=O) groups excluding carboxylic acids is 1. The molecule has 0 spiro atoms. The molecule has 33 heavy (non-hydrogen) atoms. The molecular weight excluding hydrogens is 438 g/mol. The van der Waals surface area contributed by atoms with Crippen molar-refractivity contribution in [1.82, 2.24) is 9.97 Å². The predicted molar refractivity (Wildman–Crippen MR) is 130 cm³/mol. The minimum atomic E-state index is -4.11. The van der Waals surface area contributed by atoms with Gasteiger partial charge in [-0.2, -0.15) is 0 Å². The van der Waals surface area contributed by atoms with Crippen LogP contribution in [-0.4, -0.2) is 50.0 Å². The summed E-state index contributed by atoms with van der Waals surface area (Å²) in [4.78, 5) is 25.1. The van der Waals surface area contributed by atoms with Crippen molar-refractivity contribution in [3.8, 4) is 0 Å². The van der Waals surface area contributed by atoms with Gasteiger partial charge in [-0.05, 0) is 56.7 Å². The molecule has 1 amide bonds. The van der Waals surface area contributed by atoms with Crippen LogP contribution >= 0.6 is 0 Å². The highest BCUT2D eigenvalue weighted by Crippen LogP contribution is 2.39. The van der Waals surface area contributed by atoms with Crippen molar-refractivity contribution in [2.45, 2.75) is 62.9 Å². The molecule has 0 aliphatic carbocycles. The molecule has 1 unspecified atom stereocenters. The van der Waals surface area contributed by atoms with Crippen LogP contribution in [-0.2, 0) is 9.84 Å². The summed E-state index contributed by atoms with van der Waals surface area (Å²) in [5.74, 6) is 0.939. The van der Waals surface area contributed by atoms with Crippen LogP contribution in [0, 0.1) is 11.8 Å². The zero-order valence-electron chi connectivity index (χ0n) is 20.4. The van der Waals surface area contributed by atoms with Gasteiger partial charge in [0.15, 0.2) is 5.03 Å². The van der Waals surface area contributed by atoms with Gasteiger partial charge in [-0.15, -0.1) is 0 Å². The molecule has 8 nitrogen and oxygen atoms in total. The molecule has 1 fully saturated rings. The minimum Gasteiger partial charge on any atom is -0.365 e. The molecule has 2 aromatic heterocycles. The third-order valence-electron chi connectivity index (χ3n) is 6.17. The number of pyridine rings is 2. The van der Waals surface area contributed by atoms with E-state index in [9.17, 15) is 13.2 Å². The largest absolute Gasteiger partial charge is 0.365 e. The maximum atomic E-state index is 13.7. The molecule has 1 atom stereocenters. The SMILES string of the molecule is CC(C)CCN(C)c1cccc(S(=O)(=O)c2ccnc(N3CC(C)CC3(C)C)c2C(N)=O)n1. The van der Waals surface area contributed by atoms with Crippen LogP contribution in [0.25, 0.3) is 0 Å². The van der Waals surface area contributed by atoms with Crippen LogP contribution in [0.1, 0.15) is 57.8 Å². The molecule has 180 valence electrons. The van der Waals surface area contributed by atoms with Gasteiger partial charge in [0.1, 0.15) is 17.2 Å². The first-order valence-electron chi connectivity index (χ1n) is 11.3. The molecule has 0 saturated carbocycles. The van der Waals surface area contributed by atoms with E-state index in [0.717, 1.165) is 19.4 Å². The predicted octanol–water partition coefficient (Wildman–Crippen LogP) is 3.52. The van der Waals surface area contributed by atoms with Crippen LogP contribution in [0.3, 0.4) is 0 Å². The Bertz CT molecular complexity index is 1130. The summed E-state index contributed by atoms with van der Waals surface area (Å²) in [6.45, 7) is 11.9. The van der Waals surface area contributed by atoms with Gasteiger partial charge in [0.25, 0.3) is 5.91 Å². The molecule has 0 aromatic carbocycles. The van der Waals surface area contributed by atoms with Crippen LogP contribution in [0.4, 0.5) is 11.6 Å². The Labute approximate surface area is 197 Å². The summed E-state index contributed by atoms with van der Waals surface area (Å²) < 4.78 is 27.3. The van der Waals surface area contributed by atoms with Crippen molar-refractivity contribution < 1.29 is 13.2 Å². The van der Waals surface area contributed by atoms with Crippen molar-refractivity contribution in [2.24, 2.45) is 17.6 Å². The van der Waals surface area contributed by atoms with Crippen LogP contribution in [0.2, 0.25) is 0 Å². The standard InChI is InChI=1S/C24H35N5O3S/c1-16(2)11-13-28(6)19-8-7-9-20(27-19)33(31,32)18-10-12-26-23(21(18)22(25)30)29-15-17(3)14-24(29,4)5/h7-10,12,16-17H,11,13-15H2,1-6H3,(H2,25,30). The number of carbonyl (C=O) groups is 1. The van der Waals surface area contributed by atoms with Gasteiger partial charge in [0.05, 0.1) is 4.90 Å². The monoisotopic (exact) mass is 473 g/mol. The maximum absolute atomic E-state index is 13.7. The van der Waals surface area contributed by atoms with Crippen molar-refractivity contribution in [3.05, 3.63) is 36.0 Å². The third kappa shape index (κ3) is 5.13. The zero-order valence-corrected chi connectivity index (χ0v) is 21.2. The van der Waals surface area contributed by atoms with Crippen molar-refractivity contribution >= 4 is 27.4 Å². The molecule has 0 bridgehead atoms. The van der Waals surface area contributed by atoms with Gasteiger partial charge >= 0.3 is 0 Å². The molecule has 0 radical (unpaired) electrons. The van der Waals surface area contributed by atoms with Gasteiger partial charge in [0.2, 0.25) is 9.84 Å². The van der Waals surface area contributed by atoms with E-state index in [2.05, 4.69) is 44.6 Å². The Morgan fingerprint density at radius 2 is 2.00 bits per heavy atom. The smallest absolute Gasteiger partial charge is 0.253 e. The lowest BCUT2D eigenvalue weighted by Gasteiger charge is -2.33. The Hall–Kier alpha value is -2.68. The first-order valence-corrected chi connectivity index (χ1v) is 12.8. The fraction of sp³-hybridized carbons (Fsp3) is 0.542. The summed E-state index contributed by atoms with van der Waals surface area (Å²) in [6, 6.07) is 6.23. The lowest BCUT2D eigenvalue weighted by molar-refractivity contribution is 0.0997. The number of sulfone groups is 1. The van der Waals surface area contributed by atoms with Crippen molar-refractivity contribution in [1.29, 1.82) is 0 Å². The van der Waals surface area contributed by atoms with Crippen LogP contribution < -0.4 is 15.5 Å². The van der Waals surface area contributed by atoms with Crippen LogP contribution in [0.15, 0.2) is 40.4 Å². The molecule has 2 N–H and O–H groups in total. The summed E-state index contributed by atoms with van der Waals surface area (Å²) in [6.07, 6.45) is 3.28. The van der Waals surface area contributed by atoms with E-state index in [1.54, 1.807) is 12.1 Å². The van der Waals surface area contributed by atoms with Crippen LogP contribution in [0.5, 0.6) is 0 Å². The highest BCUT2D eigenvalue weighted by Gasteiger charge is 2.40. The Balaban J connectivity index is 2.08. The third-order valence-corrected chi connectivity index (χ3v) is 7.87. The van der Waals surface area contributed by atoms with E-state index in [0.29, 0.717) is 30.0 Å².